The van der Waals surface area contributed by atoms with E-state index < -0.39 is 21.3 Å². The van der Waals surface area contributed by atoms with Crippen LogP contribution in [0, 0.1) is 0 Å². The van der Waals surface area contributed by atoms with Crippen LogP contribution in [0.2, 0.25) is 0 Å². The van der Waals surface area contributed by atoms with Crippen LogP contribution in [0.4, 0.5) is 11.5 Å². The van der Waals surface area contributed by atoms with Gasteiger partial charge in [-0.1, -0.05) is 46.3 Å². The van der Waals surface area contributed by atoms with Gasteiger partial charge in [0, 0.05) is 11.5 Å². The fourth-order valence-electron chi connectivity index (χ4n) is 2.69. The molecule has 0 aliphatic carbocycles. The second-order valence-electron chi connectivity index (χ2n) is 5.99. The number of H-pyrrole nitrogens is 1. The zero-order valence-corrected chi connectivity index (χ0v) is 17.2. The Morgan fingerprint density at radius 3 is 2.29 bits per heavy atom. The highest BCUT2D eigenvalue weighted by atomic mass is 79.9. The fraction of sp³-hybridized carbons (Fsp3) is 0.111. The molecule has 0 atom stereocenters. The average Bonchev–Trinajstić information content (AvgIpc) is 2.66. The highest BCUT2D eigenvalue weighted by Crippen LogP contribution is 2.24. The minimum Gasteiger partial charge on any atom is -0.383 e. The number of nitrogen functional groups attached to an aromatic ring is 1. The first kappa shape index (κ1) is 19.9. The maximum Gasteiger partial charge on any atom is 0.330 e. The highest BCUT2D eigenvalue weighted by molar-refractivity contribution is 9.10. The van der Waals surface area contributed by atoms with Crippen LogP contribution in [0.25, 0.3) is 0 Å². The Labute approximate surface area is 169 Å². The van der Waals surface area contributed by atoms with Crippen molar-refractivity contribution in [3.63, 3.8) is 0 Å². The molecular formula is C18H17BrN4O4S. The second-order valence-corrected chi connectivity index (χ2v) is 8.88. The van der Waals surface area contributed by atoms with Crippen LogP contribution in [-0.2, 0) is 16.6 Å². The van der Waals surface area contributed by atoms with Crippen molar-refractivity contribution in [3.8, 4) is 0 Å². The van der Waals surface area contributed by atoms with E-state index in [2.05, 4.69) is 20.9 Å². The summed E-state index contributed by atoms with van der Waals surface area (Å²) in [5.74, 6) is -0.235. The lowest BCUT2D eigenvalue weighted by atomic mass is 10.2. The minimum atomic E-state index is -4.06. The molecule has 146 valence electrons. The van der Waals surface area contributed by atoms with Gasteiger partial charge in [-0.2, -0.15) is 0 Å². The molecular weight excluding hydrogens is 448 g/mol. The summed E-state index contributed by atoms with van der Waals surface area (Å²) >= 11 is 3.24. The largest absolute Gasteiger partial charge is 0.383 e. The minimum absolute atomic E-state index is 0.0159. The molecule has 3 N–H and O–H groups in total. The number of nitrogens with two attached hydrogens (primary N) is 1. The van der Waals surface area contributed by atoms with Gasteiger partial charge in [0.05, 0.1) is 11.4 Å². The number of anilines is 2. The summed E-state index contributed by atoms with van der Waals surface area (Å²) in [6, 6.07) is 15.0. The number of sulfonamides is 1. The summed E-state index contributed by atoms with van der Waals surface area (Å²) < 4.78 is 28.5. The van der Waals surface area contributed by atoms with E-state index in [0.29, 0.717) is 4.47 Å². The van der Waals surface area contributed by atoms with E-state index in [9.17, 15) is 18.0 Å². The first-order chi connectivity index (χ1) is 13.2. The van der Waals surface area contributed by atoms with Gasteiger partial charge >= 0.3 is 5.69 Å². The van der Waals surface area contributed by atoms with E-state index in [1.54, 1.807) is 36.4 Å². The molecule has 0 saturated heterocycles. The predicted octanol–water partition coefficient (Wildman–Crippen LogP) is 1.75. The van der Waals surface area contributed by atoms with E-state index in [4.69, 9.17) is 5.73 Å². The molecule has 3 aromatic rings. The van der Waals surface area contributed by atoms with Crippen molar-refractivity contribution in [2.75, 3.05) is 17.1 Å². The normalized spacial score (nSPS) is 11.4. The maximum atomic E-state index is 12.9. The van der Waals surface area contributed by atoms with Crippen molar-refractivity contribution < 1.29 is 8.42 Å². The van der Waals surface area contributed by atoms with Gasteiger partial charge in [0.2, 0.25) is 0 Å². The molecule has 3 rings (SSSR count). The number of aromatic nitrogens is 2. The lowest BCUT2D eigenvalue weighted by Gasteiger charge is -2.22. The van der Waals surface area contributed by atoms with E-state index >= 15 is 0 Å². The molecule has 0 fully saturated rings. The van der Waals surface area contributed by atoms with Gasteiger partial charge in [-0.15, -0.1) is 0 Å². The zero-order chi connectivity index (χ0) is 20.5. The van der Waals surface area contributed by atoms with Crippen molar-refractivity contribution in [1.29, 1.82) is 0 Å². The number of rotatable bonds is 5. The molecule has 0 spiro atoms. The fourth-order valence-corrected chi connectivity index (χ4v) is 4.17. The van der Waals surface area contributed by atoms with Crippen molar-refractivity contribution in [1.82, 2.24) is 9.55 Å². The number of hydrogen-bond donors (Lipinski definition) is 2. The molecule has 10 heteroatoms. The topological polar surface area (TPSA) is 118 Å². The van der Waals surface area contributed by atoms with Crippen LogP contribution in [0.5, 0.6) is 0 Å². The van der Waals surface area contributed by atoms with Crippen LogP contribution in [-0.4, -0.2) is 25.0 Å². The summed E-state index contributed by atoms with van der Waals surface area (Å²) in [4.78, 5) is 26.8. The first-order valence-electron chi connectivity index (χ1n) is 8.13. The third-order valence-electron chi connectivity index (χ3n) is 4.18. The third kappa shape index (κ3) is 3.73. The molecule has 0 radical (unpaired) electrons. The van der Waals surface area contributed by atoms with Gasteiger partial charge in [0.1, 0.15) is 5.82 Å². The monoisotopic (exact) mass is 464 g/mol. The number of benzene rings is 2. The van der Waals surface area contributed by atoms with Crippen LogP contribution in [0.15, 0.2) is 73.6 Å². The molecule has 2 aromatic carbocycles. The number of aromatic amines is 1. The SMILES string of the molecule is CN(c1c(N)n(Cc2ccccc2)c(=O)[nH]c1=O)S(=O)(=O)c1ccc(Br)cc1. The molecule has 1 heterocycles. The summed E-state index contributed by atoms with van der Waals surface area (Å²) in [5.41, 5.74) is 4.91. The molecule has 1 aromatic heterocycles. The van der Waals surface area contributed by atoms with Crippen molar-refractivity contribution in [2.24, 2.45) is 0 Å². The van der Waals surface area contributed by atoms with E-state index in [0.717, 1.165) is 14.4 Å². The molecule has 0 unspecified atom stereocenters. The number of hydrogen-bond acceptors (Lipinski definition) is 5. The smallest absolute Gasteiger partial charge is 0.330 e. The summed E-state index contributed by atoms with van der Waals surface area (Å²) in [6.07, 6.45) is 0. The summed E-state index contributed by atoms with van der Waals surface area (Å²) in [5, 5.41) is 0. The molecule has 0 amide bonds. The van der Waals surface area contributed by atoms with Crippen molar-refractivity contribution in [2.45, 2.75) is 11.4 Å². The second kappa shape index (κ2) is 7.64. The molecule has 0 aliphatic rings. The summed E-state index contributed by atoms with van der Waals surface area (Å²) in [7, 11) is -2.84. The van der Waals surface area contributed by atoms with Gasteiger partial charge in [-0.25, -0.2) is 13.2 Å². The first-order valence-corrected chi connectivity index (χ1v) is 10.4. The lowest BCUT2D eigenvalue weighted by Crippen LogP contribution is -2.39. The Hall–Kier alpha value is -2.85. The third-order valence-corrected chi connectivity index (χ3v) is 6.48. The number of nitrogens with one attached hydrogen (secondary N) is 1. The van der Waals surface area contributed by atoms with E-state index in [1.165, 1.54) is 19.2 Å². The molecule has 28 heavy (non-hydrogen) atoms. The van der Waals surface area contributed by atoms with Crippen LogP contribution in [0.3, 0.4) is 0 Å². The molecule has 0 saturated carbocycles. The number of nitrogens with zero attached hydrogens (tertiary/aromatic N) is 2. The Morgan fingerprint density at radius 1 is 1.07 bits per heavy atom. The van der Waals surface area contributed by atoms with E-state index in [1.807, 2.05) is 6.07 Å². The molecule has 0 aliphatic heterocycles. The molecule has 0 bridgehead atoms. The maximum absolute atomic E-state index is 12.9. The van der Waals surface area contributed by atoms with E-state index in [-0.39, 0.29) is 22.9 Å². The zero-order valence-electron chi connectivity index (χ0n) is 14.8. The van der Waals surface area contributed by atoms with Crippen molar-refractivity contribution >= 4 is 37.5 Å². The Balaban J connectivity index is 2.11. The van der Waals surface area contributed by atoms with Crippen LogP contribution >= 0.6 is 15.9 Å². The molecule has 8 nitrogen and oxygen atoms in total. The van der Waals surface area contributed by atoms with Gasteiger partial charge in [0.25, 0.3) is 15.6 Å². The highest BCUT2D eigenvalue weighted by Gasteiger charge is 2.27. The van der Waals surface area contributed by atoms with Gasteiger partial charge in [0.15, 0.2) is 5.69 Å². The van der Waals surface area contributed by atoms with Gasteiger partial charge < -0.3 is 5.73 Å². The van der Waals surface area contributed by atoms with Crippen LogP contribution in [0.1, 0.15) is 5.56 Å². The predicted molar refractivity (Wildman–Crippen MR) is 111 cm³/mol. The van der Waals surface area contributed by atoms with Gasteiger partial charge in [-0.3, -0.25) is 18.7 Å². The number of halogens is 1. The van der Waals surface area contributed by atoms with Gasteiger partial charge in [-0.05, 0) is 29.8 Å². The quantitative estimate of drug-likeness (QED) is 0.596. The Bertz CT molecular complexity index is 1220. The summed E-state index contributed by atoms with van der Waals surface area (Å²) in [6.45, 7) is 0.0848. The Morgan fingerprint density at radius 2 is 1.68 bits per heavy atom. The standard InChI is InChI=1S/C18H17BrN4O4S/c1-22(28(26,27)14-9-7-13(19)8-10-14)15-16(20)23(18(25)21-17(15)24)11-12-5-3-2-4-6-12/h2-10H,11,20H2,1H3,(H,21,24,25). The average molecular weight is 465 g/mol. The van der Waals surface area contributed by atoms with Crippen molar-refractivity contribution in [3.05, 3.63) is 85.5 Å². The van der Waals surface area contributed by atoms with Crippen LogP contribution < -0.4 is 21.3 Å². The Kier molecular flexibility index (Phi) is 5.43. The lowest BCUT2D eigenvalue weighted by molar-refractivity contribution is 0.593.